The molecule has 1 aromatic heterocycles. The lowest BCUT2D eigenvalue weighted by atomic mass is 10.1. The van der Waals surface area contributed by atoms with Crippen LogP contribution in [0.1, 0.15) is 47.9 Å². The van der Waals surface area contributed by atoms with Crippen LogP contribution in [0.4, 0.5) is 0 Å². The highest BCUT2D eigenvalue weighted by Gasteiger charge is 2.28. The van der Waals surface area contributed by atoms with Crippen LogP contribution in [0, 0.1) is 13.8 Å². The van der Waals surface area contributed by atoms with E-state index in [0.717, 1.165) is 17.1 Å². The minimum absolute atomic E-state index is 0.0231. The summed E-state index contributed by atoms with van der Waals surface area (Å²) in [7, 11) is -3.17. The van der Waals surface area contributed by atoms with Crippen LogP contribution in [0.15, 0.2) is 24.3 Å². The van der Waals surface area contributed by atoms with E-state index in [9.17, 15) is 13.2 Å². The predicted octanol–water partition coefficient (Wildman–Crippen LogP) is 3.08. The first kappa shape index (κ1) is 21.8. The van der Waals surface area contributed by atoms with Crippen LogP contribution in [0.25, 0.3) is 5.69 Å². The van der Waals surface area contributed by atoms with Gasteiger partial charge in [0, 0.05) is 24.7 Å². The Kier molecular flexibility index (Phi) is 6.65. The van der Waals surface area contributed by atoms with Crippen molar-refractivity contribution in [2.75, 3.05) is 18.8 Å². The van der Waals surface area contributed by atoms with E-state index >= 15 is 0 Å². The van der Waals surface area contributed by atoms with Gasteiger partial charge in [-0.25, -0.2) is 17.4 Å². The number of sulfonamides is 1. The van der Waals surface area contributed by atoms with Crippen molar-refractivity contribution in [2.45, 2.75) is 46.1 Å². The number of amides is 1. The molecule has 0 bridgehead atoms. The number of aryl methyl sites for hydroxylation is 1. The lowest BCUT2D eigenvalue weighted by molar-refractivity contribution is 0.0924. The summed E-state index contributed by atoms with van der Waals surface area (Å²) >= 11 is 6.21. The summed E-state index contributed by atoms with van der Waals surface area (Å²) in [6.07, 6.45) is 1.85. The Morgan fingerprint density at radius 1 is 1.21 bits per heavy atom. The first-order valence-corrected chi connectivity index (χ1v) is 11.8. The molecular formula is C20H27ClN4O3S. The molecule has 0 saturated carbocycles. The molecule has 0 unspecified atom stereocenters. The lowest BCUT2D eigenvalue weighted by Gasteiger charge is -2.31. The Morgan fingerprint density at radius 3 is 2.34 bits per heavy atom. The molecule has 9 heteroatoms. The molecule has 1 N–H and O–H groups in total. The molecule has 1 fully saturated rings. The van der Waals surface area contributed by atoms with Gasteiger partial charge in [0.15, 0.2) is 0 Å². The molecule has 3 rings (SSSR count). The summed E-state index contributed by atoms with van der Waals surface area (Å²) in [5.74, 6) is 0.0226. The third kappa shape index (κ3) is 4.82. The molecule has 1 aliphatic heterocycles. The summed E-state index contributed by atoms with van der Waals surface area (Å²) in [6, 6.07) is 7.17. The van der Waals surface area contributed by atoms with Gasteiger partial charge < -0.3 is 5.32 Å². The van der Waals surface area contributed by atoms with Crippen LogP contribution in [-0.4, -0.2) is 53.3 Å². The SMILES string of the molecule is CCCS(=O)(=O)N1CCC(NC(=O)c2ccc(-n3nc(C)c(Cl)c3C)cc2)CC1. The van der Waals surface area contributed by atoms with Gasteiger partial charge in [-0.15, -0.1) is 0 Å². The monoisotopic (exact) mass is 438 g/mol. The number of piperidine rings is 1. The van der Waals surface area contributed by atoms with Crippen LogP contribution in [-0.2, 0) is 10.0 Å². The van der Waals surface area contributed by atoms with Gasteiger partial charge in [0.05, 0.1) is 27.9 Å². The van der Waals surface area contributed by atoms with Crippen LogP contribution < -0.4 is 5.32 Å². The van der Waals surface area contributed by atoms with Crippen molar-refractivity contribution in [1.82, 2.24) is 19.4 Å². The van der Waals surface area contributed by atoms with Gasteiger partial charge in [-0.3, -0.25) is 4.79 Å². The van der Waals surface area contributed by atoms with Gasteiger partial charge >= 0.3 is 0 Å². The van der Waals surface area contributed by atoms with Crippen molar-refractivity contribution in [3.05, 3.63) is 46.2 Å². The Bertz CT molecular complexity index is 978. The number of aromatic nitrogens is 2. The molecule has 29 heavy (non-hydrogen) atoms. The van der Waals surface area contributed by atoms with E-state index in [-0.39, 0.29) is 17.7 Å². The molecule has 1 saturated heterocycles. The van der Waals surface area contributed by atoms with Crippen molar-refractivity contribution in [2.24, 2.45) is 0 Å². The van der Waals surface area contributed by atoms with E-state index in [4.69, 9.17) is 11.6 Å². The minimum Gasteiger partial charge on any atom is -0.349 e. The molecule has 0 aliphatic carbocycles. The molecule has 0 radical (unpaired) electrons. The molecule has 158 valence electrons. The second-order valence-corrected chi connectivity index (χ2v) is 9.87. The van der Waals surface area contributed by atoms with Crippen molar-refractivity contribution in [1.29, 1.82) is 0 Å². The van der Waals surface area contributed by atoms with Crippen molar-refractivity contribution in [3.63, 3.8) is 0 Å². The highest BCUT2D eigenvalue weighted by molar-refractivity contribution is 7.89. The average molecular weight is 439 g/mol. The minimum atomic E-state index is -3.17. The van der Waals surface area contributed by atoms with E-state index in [1.54, 1.807) is 16.8 Å². The smallest absolute Gasteiger partial charge is 0.251 e. The fourth-order valence-electron chi connectivity index (χ4n) is 3.56. The third-order valence-electron chi connectivity index (χ3n) is 5.22. The highest BCUT2D eigenvalue weighted by atomic mass is 35.5. The fraction of sp³-hybridized carbons (Fsp3) is 0.500. The van der Waals surface area contributed by atoms with E-state index in [0.29, 0.717) is 42.9 Å². The molecule has 2 aromatic rings. The maximum Gasteiger partial charge on any atom is 0.251 e. The number of nitrogens with one attached hydrogen (secondary N) is 1. The van der Waals surface area contributed by atoms with E-state index in [1.165, 1.54) is 4.31 Å². The van der Waals surface area contributed by atoms with Crippen LogP contribution in [0.3, 0.4) is 0 Å². The molecule has 0 atom stereocenters. The summed E-state index contributed by atoms with van der Waals surface area (Å²) in [4.78, 5) is 12.6. The predicted molar refractivity (Wildman–Crippen MR) is 114 cm³/mol. The maximum atomic E-state index is 12.6. The number of halogens is 1. The second kappa shape index (κ2) is 8.85. The van der Waals surface area contributed by atoms with E-state index in [2.05, 4.69) is 10.4 Å². The zero-order chi connectivity index (χ0) is 21.2. The number of nitrogens with zero attached hydrogens (tertiary/aromatic N) is 3. The van der Waals surface area contributed by atoms with E-state index in [1.807, 2.05) is 32.9 Å². The Morgan fingerprint density at radius 2 is 1.83 bits per heavy atom. The molecule has 2 heterocycles. The molecule has 1 aromatic carbocycles. The number of hydrogen-bond donors (Lipinski definition) is 1. The van der Waals surface area contributed by atoms with Gasteiger partial charge in [0.1, 0.15) is 0 Å². The van der Waals surface area contributed by atoms with Gasteiger partial charge in [-0.05, 0) is 57.4 Å². The Labute approximate surface area is 177 Å². The molecule has 1 aliphatic rings. The number of hydrogen-bond acceptors (Lipinski definition) is 4. The zero-order valence-corrected chi connectivity index (χ0v) is 18.6. The number of rotatable bonds is 6. The third-order valence-corrected chi connectivity index (χ3v) is 7.84. The van der Waals surface area contributed by atoms with Crippen molar-refractivity contribution < 1.29 is 13.2 Å². The number of carbonyl (C=O) groups excluding carboxylic acids is 1. The van der Waals surface area contributed by atoms with Crippen LogP contribution >= 0.6 is 11.6 Å². The Balaban J connectivity index is 1.60. The first-order chi connectivity index (χ1) is 13.7. The molecule has 0 spiro atoms. The fourth-order valence-corrected chi connectivity index (χ4v) is 5.22. The highest BCUT2D eigenvalue weighted by Crippen LogP contribution is 2.22. The number of carbonyl (C=O) groups is 1. The van der Waals surface area contributed by atoms with Crippen LogP contribution in [0.2, 0.25) is 5.02 Å². The van der Waals surface area contributed by atoms with Crippen molar-refractivity contribution in [3.8, 4) is 5.69 Å². The lowest BCUT2D eigenvalue weighted by Crippen LogP contribution is -2.47. The first-order valence-electron chi connectivity index (χ1n) is 9.83. The Hall–Kier alpha value is -1.90. The van der Waals surface area contributed by atoms with Crippen LogP contribution in [0.5, 0.6) is 0 Å². The molecule has 1 amide bonds. The summed E-state index contributed by atoms with van der Waals surface area (Å²) in [5, 5.41) is 8.08. The standard InChI is InChI=1S/C20H27ClN4O3S/c1-4-13-29(27,28)24-11-9-17(10-12-24)22-20(26)16-5-7-18(8-6-16)25-15(3)19(21)14(2)23-25/h5-8,17H,4,9-13H2,1-3H3,(H,22,26). The van der Waals surface area contributed by atoms with Gasteiger partial charge in [0.2, 0.25) is 10.0 Å². The zero-order valence-electron chi connectivity index (χ0n) is 17.0. The van der Waals surface area contributed by atoms with Gasteiger partial charge in [-0.2, -0.15) is 5.10 Å². The average Bonchev–Trinajstić information content (AvgIpc) is 2.96. The summed E-state index contributed by atoms with van der Waals surface area (Å²) in [5.41, 5.74) is 3.01. The molecular weight excluding hydrogens is 412 g/mol. The van der Waals surface area contributed by atoms with Crippen molar-refractivity contribution >= 4 is 27.5 Å². The van der Waals surface area contributed by atoms with Gasteiger partial charge in [0.25, 0.3) is 5.91 Å². The van der Waals surface area contributed by atoms with E-state index < -0.39 is 10.0 Å². The second-order valence-electron chi connectivity index (χ2n) is 7.41. The number of benzene rings is 1. The largest absolute Gasteiger partial charge is 0.349 e. The topological polar surface area (TPSA) is 84.3 Å². The summed E-state index contributed by atoms with van der Waals surface area (Å²) in [6.45, 7) is 6.51. The normalized spacial score (nSPS) is 16.1. The summed E-state index contributed by atoms with van der Waals surface area (Å²) < 4.78 is 27.6. The maximum absolute atomic E-state index is 12.6. The van der Waals surface area contributed by atoms with Gasteiger partial charge in [-0.1, -0.05) is 18.5 Å². The molecule has 7 nitrogen and oxygen atoms in total. The quantitative estimate of drug-likeness (QED) is 0.751.